The number of amides is 2. The van der Waals surface area contributed by atoms with Gasteiger partial charge in [0, 0.05) is 36.6 Å². The zero-order valence-electron chi connectivity index (χ0n) is 33.4. The van der Waals surface area contributed by atoms with Gasteiger partial charge in [-0.3, -0.25) is 9.59 Å². The molecule has 0 aromatic heterocycles. The molecule has 314 valence electrons. The van der Waals surface area contributed by atoms with Crippen molar-refractivity contribution in [2.24, 2.45) is 5.73 Å². The Morgan fingerprint density at radius 1 is 0.721 bits per heavy atom. The highest BCUT2D eigenvalue weighted by molar-refractivity contribution is 6.42. The second-order valence-corrected chi connectivity index (χ2v) is 16.8. The number of nitrogens with zero attached hydrogens (tertiary/aromatic N) is 1. The van der Waals surface area contributed by atoms with Gasteiger partial charge in [0.2, 0.25) is 5.91 Å². The summed E-state index contributed by atoms with van der Waals surface area (Å²) < 4.78 is 11.9. The molecule has 12 heteroatoms. The van der Waals surface area contributed by atoms with E-state index in [-0.39, 0.29) is 37.8 Å². The first-order valence-corrected chi connectivity index (χ1v) is 21.8. The molecule has 0 saturated carbocycles. The van der Waals surface area contributed by atoms with E-state index in [0.29, 0.717) is 61.3 Å². The summed E-state index contributed by atoms with van der Waals surface area (Å²) in [4.78, 5) is 44.3. The lowest BCUT2D eigenvalue weighted by Crippen LogP contribution is -2.53. The van der Waals surface area contributed by atoms with Gasteiger partial charge in [-0.2, -0.15) is 0 Å². The van der Waals surface area contributed by atoms with Crippen LogP contribution in [0.4, 0.5) is 4.79 Å². The Kier molecular flexibility index (Phi) is 14.9. The number of hydrogen-bond donors (Lipinski definition) is 2. The van der Waals surface area contributed by atoms with Crippen molar-refractivity contribution in [3.63, 3.8) is 0 Å². The minimum Gasteiger partial charge on any atom is -0.494 e. The van der Waals surface area contributed by atoms with Gasteiger partial charge < -0.3 is 25.4 Å². The van der Waals surface area contributed by atoms with Crippen molar-refractivity contribution in [1.82, 2.24) is 10.2 Å². The van der Waals surface area contributed by atoms with Crippen molar-refractivity contribution in [3.8, 4) is 16.9 Å². The number of nitrogens with two attached hydrogens (primary N) is 1. The molecular formula is C49H45Cl4N3O5. The maximum Gasteiger partial charge on any atom is 0.407 e. The van der Waals surface area contributed by atoms with E-state index in [9.17, 15) is 14.4 Å². The lowest BCUT2D eigenvalue weighted by molar-refractivity contribution is -0.133. The number of unbranched alkanes of at least 4 members (excludes halogenated alkanes) is 3. The minimum absolute atomic E-state index is 0.0302. The van der Waals surface area contributed by atoms with Gasteiger partial charge in [0.05, 0.1) is 26.7 Å². The van der Waals surface area contributed by atoms with Gasteiger partial charge >= 0.3 is 6.09 Å². The number of halogens is 4. The summed E-state index contributed by atoms with van der Waals surface area (Å²) in [5.74, 6) is -0.119. The fourth-order valence-electron chi connectivity index (χ4n) is 7.75. The number of alkyl carbamates (subject to hydrolysis) is 1. The van der Waals surface area contributed by atoms with E-state index in [0.717, 1.165) is 53.5 Å². The average molecular weight is 898 g/mol. The number of rotatable bonds is 15. The van der Waals surface area contributed by atoms with Crippen LogP contribution < -0.4 is 15.8 Å². The van der Waals surface area contributed by atoms with Gasteiger partial charge in [-0.15, -0.1) is 0 Å². The lowest BCUT2D eigenvalue weighted by atomic mass is 9.93. The van der Waals surface area contributed by atoms with Gasteiger partial charge in [-0.25, -0.2) is 4.79 Å². The highest BCUT2D eigenvalue weighted by atomic mass is 35.5. The van der Waals surface area contributed by atoms with Crippen molar-refractivity contribution >= 4 is 76.3 Å². The molecule has 8 nitrogen and oxygen atoms in total. The highest BCUT2D eigenvalue weighted by Crippen LogP contribution is 2.44. The first-order chi connectivity index (χ1) is 29.6. The fraction of sp³-hybridized carbons (Fsp3) is 0.245. The number of piperidine rings is 1. The molecule has 61 heavy (non-hydrogen) atoms. The number of likely N-dealkylation sites (tertiary alicyclic amines) is 1. The summed E-state index contributed by atoms with van der Waals surface area (Å²) >= 11 is 25.1. The van der Waals surface area contributed by atoms with E-state index in [1.54, 1.807) is 53.5 Å². The first kappa shape index (κ1) is 44.0. The quantitative estimate of drug-likeness (QED) is 0.0800. The van der Waals surface area contributed by atoms with E-state index in [4.69, 9.17) is 61.6 Å². The van der Waals surface area contributed by atoms with Crippen molar-refractivity contribution in [2.75, 3.05) is 32.8 Å². The van der Waals surface area contributed by atoms with Gasteiger partial charge in [-0.05, 0) is 107 Å². The predicted octanol–water partition coefficient (Wildman–Crippen LogP) is 11.2. The third-order valence-electron chi connectivity index (χ3n) is 10.9. The summed E-state index contributed by atoms with van der Waals surface area (Å²) in [6.45, 7) is 1.28. The molecule has 1 saturated heterocycles. The van der Waals surface area contributed by atoms with Crippen LogP contribution in [0, 0.1) is 0 Å². The second-order valence-electron chi connectivity index (χ2n) is 15.1. The molecule has 0 spiro atoms. The number of carbonyl (C=O) groups is 3. The number of carbonyl (C=O) groups excluding carboxylic acids is 3. The Hall–Kier alpha value is -5.09. The summed E-state index contributed by atoms with van der Waals surface area (Å²) in [5, 5.41) is 4.29. The molecule has 1 atom stereocenters. The zero-order valence-corrected chi connectivity index (χ0v) is 36.4. The molecule has 0 radical (unpaired) electrons. The Morgan fingerprint density at radius 3 is 1.84 bits per heavy atom. The smallest absolute Gasteiger partial charge is 0.407 e. The number of ether oxygens (including phenoxy) is 2. The lowest BCUT2D eigenvalue weighted by Gasteiger charge is -2.33. The molecule has 1 fully saturated rings. The monoisotopic (exact) mass is 895 g/mol. The fourth-order valence-corrected chi connectivity index (χ4v) is 8.37. The van der Waals surface area contributed by atoms with E-state index in [1.807, 2.05) is 60.7 Å². The number of hydrogen-bond acceptors (Lipinski definition) is 6. The Morgan fingerprint density at radius 2 is 1.28 bits per heavy atom. The maximum absolute atomic E-state index is 14.8. The average Bonchev–Trinajstić information content (AvgIpc) is 3.58. The number of nitrogens with one attached hydrogen (secondary N) is 1. The summed E-state index contributed by atoms with van der Waals surface area (Å²) in [6.07, 6.45) is 6.81. The van der Waals surface area contributed by atoms with Crippen LogP contribution in [0.25, 0.3) is 23.3 Å². The Balaban J connectivity index is 1.15. The van der Waals surface area contributed by atoms with Crippen molar-refractivity contribution in [1.29, 1.82) is 0 Å². The first-order valence-electron chi connectivity index (χ1n) is 20.3. The van der Waals surface area contributed by atoms with Crippen LogP contribution in [-0.2, 0) is 20.7 Å². The largest absolute Gasteiger partial charge is 0.494 e. The normalized spacial score (nSPS) is 15.4. The molecule has 7 rings (SSSR count). The number of Topliss-reactive ketones (excluding diaryl/α,β-unsaturated/α-hetero) is 1. The molecule has 2 aliphatic rings. The van der Waals surface area contributed by atoms with E-state index >= 15 is 0 Å². The van der Waals surface area contributed by atoms with Crippen LogP contribution in [0.15, 0.2) is 120 Å². The van der Waals surface area contributed by atoms with Crippen molar-refractivity contribution < 1.29 is 23.9 Å². The summed E-state index contributed by atoms with van der Waals surface area (Å²) in [5.41, 5.74) is 12.7. The second kappa shape index (κ2) is 20.6. The summed E-state index contributed by atoms with van der Waals surface area (Å²) in [7, 11) is 0. The van der Waals surface area contributed by atoms with E-state index < -0.39 is 18.0 Å². The van der Waals surface area contributed by atoms with Crippen LogP contribution in [0.3, 0.4) is 0 Å². The van der Waals surface area contributed by atoms with Crippen LogP contribution in [0.2, 0.25) is 20.1 Å². The number of benzene rings is 5. The molecule has 5 aromatic rings. The molecule has 1 aliphatic heterocycles. The Labute approximate surface area is 376 Å². The summed E-state index contributed by atoms with van der Waals surface area (Å²) in [6, 6.07) is 32.7. The SMILES string of the molecule is NCCCCCCOc1ccc(CC(NC(=O)OCC2c3ccccc3-c3ccccc32)C(=O)N2C/C(=C\c3ccc(Cl)c(Cl)c3)C(=O)/C(=C/c3ccc(Cl)c(Cl)c3)C2)cc1. The molecule has 1 unspecified atom stereocenters. The third-order valence-corrected chi connectivity index (χ3v) is 12.3. The molecule has 3 N–H and O–H groups in total. The molecule has 1 heterocycles. The van der Waals surface area contributed by atoms with Crippen molar-refractivity contribution in [3.05, 3.63) is 168 Å². The van der Waals surface area contributed by atoms with Crippen LogP contribution in [0.1, 0.15) is 59.4 Å². The predicted molar refractivity (Wildman–Crippen MR) is 246 cm³/mol. The number of ketones is 1. The van der Waals surface area contributed by atoms with Crippen molar-refractivity contribution in [2.45, 2.75) is 44.1 Å². The van der Waals surface area contributed by atoms with E-state index in [1.165, 1.54) is 0 Å². The van der Waals surface area contributed by atoms with Crippen LogP contribution in [0.5, 0.6) is 5.75 Å². The zero-order chi connectivity index (χ0) is 42.9. The van der Waals surface area contributed by atoms with E-state index in [2.05, 4.69) is 17.4 Å². The molecule has 0 bridgehead atoms. The molecular weight excluding hydrogens is 852 g/mol. The van der Waals surface area contributed by atoms with Gasteiger partial charge in [0.1, 0.15) is 18.4 Å². The third kappa shape index (κ3) is 11.1. The number of fused-ring (bicyclic) bond motifs is 3. The Bertz CT molecular complexity index is 2350. The van der Waals surface area contributed by atoms with Crippen LogP contribution >= 0.6 is 46.4 Å². The van der Waals surface area contributed by atoms with Gasteiger partial charge in [0.15, 0.2) is 5.78 Å². The molecule has 5 aromatic carbocycles. The maximum atomic E-state index is 14.8. The van der Waals surface area contributed by atoms with Crippen LogP contribution in [-0.4, -0.2) is 61.6 Å². The topological polar surface area (TPSA) is 111 Å². The van der Waals surface area contributed by atoms with Gasteiger partial charge in [-0.1, -0.05) is 132 Å². The molecule has 1 aliphatic carbocycles. The standard InChI is InChI=1S/C49H45Cl4N3O5/c50-42-19-15-32(25-44(42)52)23-34-28-56(29-35(47(34)57)24-33-16-20-43(51)45(53)26-33)48(58)46(27-31-13-17-36(18-14-31)60-22-8-2-1-7-21-54)55-49(59)61-30-41-39-11-5-3-9-37(39)38-10-4-6-12-40(38)41/h3-6,9-20,23-26,41,46H,1-2,7-8,21-22,27-30,54H2,(H,55,59)/b34-23+,35-24+. The molecule has 2 amide bonds. The minimum atomic E-state index is -1.06. The van der Waals surface area contributed by atoms with Gasteiger partial charge in [0.25, 0.3) is 0 Å². The highest BCUT2D eigenvalue weighted by Gasteiger charge is 2.35.